The minimum atomic E-state index is -4.29. The number of carbonyl (C=O) groups excluding carboxylic acids is 1. The van der Waals surface area contributed by atoms with Gasteiger partial charge in [-0.2, -0.15) is 13.2 Å². The minimum absolute atomic E-state index is 0.0262. The summed E-state index contributed by atoms with van der Waals surface area (Å²) in [6, 6.07) is 5.51. The van der Waals surface area contributed by atoms with Gasteiger partial charge in [-0.05, 0) is 69.1 Å². The lowest BCUT2D eigenvalue weighted by molar-refractivity contribution is -0.161. The molecule has 1 aromatic carbocycles. The summed E-state index contributed by atoms with van der Waals surface area (Å²) in [5, 5.41) is 9.81. The molecule has 1 unspecified atom stereocenters. The van der Waals surface area contributed by atoms with Crippen molar-refractivity contribution < 1.29 is 23.1 Å². The van der Waals surface area contributed by atoms with E-state index in [0.29, 0.717) is 18.8 Å². The van der Waals surface area contributed by atoms with Gasteiger partial charge in [0, 0.05) is 24.4 Å². The number of nitrogens with zero attached hydrogens (tertiary/aromatic N) is 1. The van der Waals surface area contributed by atoms with Crippen LogP contribution in [0.1, 0.15) is 50.2 Å². The smallest absolute Gasteiger partial charge is 0.390 e. The molecule has 0 aromatic heterocycles. The number of rotatable bonds is 3. The van der Waals surface area contributed by atoms with E-state index in [-0.39, 0.29) is 17.2 Å². The van der Waals surface area contributed by atoms with Crippen LogP contribution in [0.3, 0.4) is 0 Å². The average Bonchev–Trinajstić information content (AvgIpc) is 2.94. The molecule has 1 saturated heterocycles. The number of aliphatic hydroxyl groups is 1. The van der Waals surface area contributed by atoms with Crippen LogP contribution in [-0.2, 0) is 17.4 Å². The van der Waals surface area contributed by atoms with E-state index >= 15 is 0 Å². The van der Waals surface area contributed by atoms with E-state index in [4.69, 9.17) is 0 Å². The Kier molecular flexibility index (Phi) is 4.33. The summed E-state index contributed by atoms with van der Waals surface area (Å²) in [4.78, 5) is 14.4. The third kappa shape index (κ3) is 3.73. The maximum atomic E-state index is 12.7. The van der Waals surface area contributed by atoms with Crippen molar-refractivity contribution in [1.29, 1.82) is 0 Å². The summed E-state index contributed by atoms with van der Waals surface area (Å²) in [6.07, 6.45) is 0.842. The Bertz CT molecular complexity index is 712. The Hall–Kier alpha value is -1.56. The average molecular weight is 381 g/mol. The molecule has 3 fully saturated rings. The molecular formula is C21H26F3NO2. The van der Waals surface area contributed by atoms with Gasteiger partial charge in [0.1, 0.15) is 0 Å². The predicted octanol–water partition coefficient (Wildman–Crippen LogP) is 4.04. The fourth-order valence-electron chi connectivity index (χ4n) is 5.31. The summed E-state index contributed by atoms with van der Waals surface area (Å²) in [5.41, 5.74) is -0.118. The van der Waals surface area contributed by atoms with Crippen LogP contribution in [0.25, 0.3) is 0 Å². The fraction of sp³-hybridized carbons (Fsp3) is 0.667. The second-order valence-electron chi connectivity index (χ2n) is 9.30. The van der Waals surface area contributed by atoms with Crippen molar-refractivity contribution in [3.05, 3.63) is 35.4 Å². The lowest BCUT2D eigenvalue weighted by atomic mass is 9.69. The normalized spacial score (nSPS) is 32.3. The topological polar surface area (TPSA) is 40.5 Å². The number of benzene rings is 1. The predicted molar refractivity (Wildman–Crippen MR) is 94.8 cm³/mol. The molecule has 3 aliphatic rings. The van der Waals surface area contributed by atoms with Crippen LogP contribution in [-0.4, -0.2) is 34.6 Å². The van der Waals surface area contributed by atoms with E-state index < -0.39 is 17.3 Å². The molecule has 1 N–H and O–H groups in total. The molecule has 4 rings (SSSR count). The molecule has 6 heteroatoms. The van der Waals surface area contributed by atoms with Crippen molar-refractivity contribution >= 4 is 5.91 Å². The molecular weight excluding hydrogens is 355 g/mol. The third-order valence-corrected chi connectivity index (χ3v) is 6.70. The number of halogens is 3. The van der Waals surface area contributed by atoms with Gasteiger partial charge in [0.15, 0.2) is 0 Å². The SMILES string of the molecule is CC1(O)CC(C(=O)N2CC3(CCC(Cc4ccc(C(F)(F)F)cc4)C3)C2)C1. The van der Waals surface area contributed by atoms with Gasteiger partial charge in [-0.25, -0.2) is 0 Å². The quantitative estimate of drug-likeness (QED) is 0.859. The van der Waals surface area contributed by atoms with Gasteiger partial charge >= 0.3 is 6.18 Å². The van der Waals surface area contributed by atoms with E-state index in [1.807, 2.05) is 4.90 Å². The van der Waals surface area contributed by atoms with E-state index in [2.05, 4.69) is 0 Å². The van der Waals surface area contributed by atoms with Crippen LogP contribution in [0, 0.1) is 17.3 Å². The Labute approximate surface area is 157 Å². The highest BCUT2D eigenvalue weighted by Gasteiger charge is 2.52. The first-order chi connectivity index (χ1) is 12.6. The number of likely N-dealkylation sites (tertiary alicyclic amines) is 1. The van der Waals surface area contributed by atoms with Crippen LogP contribution in [0.5, 0.6) is 0 Å². The molecule has 0 radical (unpaired) electrons. The fourth-order valence-corrected chi connectivity index (χ4v) is 5.31. The number of alkyl halides is 3. The third-order valence-electron chi connectivity index (χ3n) is 6.70. The monoisotopic (exact) mass is 381 g/mol. The zero-order valence-corrected chi connectivity index (χ0v) is 15.6. The van der Waals surface area contributed by atoms with Gasteiger partial charge in [-0.15, -0.1) is 0 Å². The van der Waals surface area contributed by atoms with Crippen molar-refractivity contribution in [1.82, 2.24) is 4.90 Å². The van der Waals surface area contributed by atoms with Crippen molar-refractivity contribution in [2.24, 2.45) is 17.3 Å². The molecule has 2 aliphatic carbocycles. The van der Waals surface area contributed by atoms with E-state index in [1.165, 1.54) is 0 Å². The van der Waals surface area contributed by atoms with Crippen LogP contribution in [0.2, 0.25) is 0 Å². The maximum Gasteiger partial charge on any atom is 0.416 e. The molecule has 1 aliphatic heterocycles. The molecule has 1 atom stereocenters. The lowest BCUT2D eigenvalue weighted by Gasteiger charge is -2.52. The molecule has 3 nitrogen and oxygen atoms in total. The van der Waals surface area contributed by atoms with Crippen molar-refractivity contribution in [2.75, 3.05) is 13.1 Å². The summed E-state index contributed by atoms with van der Waals surface area (Å²) in [6.45, 7) is 3.37. The van der Waals surface area contributed by atoms with Gasteiger partial charge in [-0.1, -0.05) is 12.1 Å². The Morgan fingerprint density at radius 3 is 2.37 bits per heavy atom. The van der Waals surface area contributed by atoms with E-state index in [9.17, 15) is 23.1 Å². The lowest BCUT2D eigenvalue weighted by Crippen LogP contribution is -2.61. The standard InChI is InChI=1S/C21H26F3NO2/c1-19(27)10-16(11-19)18(26)25-12-20(13-25)7-6-15(9-20)8-14-2-4-17(5-3-14)21(22,23)24/h2-5,15-16,27H,6-13H2,1H3. The molecule has 148 valence electrons. The summed E-state index contributed by atoms with van der Waals surface area (Å²) < 4.78 is 38.0. The summed E-state index contributed by atoms with van der Waals surface area (Å²) in [7, 11) is 0. The number of carbonyl (C=O) groups is 1. The first kappa shape index (κ1) is 18.8. The number of amides is 1. The second-order valence-corrected chi connectivity index (χ2v) is 9.30. The molecule has 1 amide bonds. The largest absolute Gasteiger partial charge is 0.416 e. The highest BCUT2D eigenvalue weighted by molar-refractivity contribution is 5.81. The molecule has 0 bridgehead atoms. The summed E-state index contributed by atoms with van der Waals surface area (Å²) in [5.74, 6) is 0.628. The van der Waals surface area contributed by atoms with Crippen molar-refractivity contribution in [2.45, 2.75) is 57.2 Å². The van der Waals surface area contributed by atoms with Crippen molar-refractivity contribution in [3.63, 3.8) is 0 Å². The minimum Gasteiger partial charge on any atom is -0.390 e. The maximum absolute atomic E-state index is 12.7. The van der Waals surface area contributed by atoms with E-state index in [0.717, 1.165) is 56.5 Å². The van der Waals surface area contributed by atoms with Crippen LogP contribution in [0.15, 0.2) is 24.3 Å². The first-order valence-electron chi connectivity index (χ1n) is 9.73. The van der Waals surface area contributed by atoms with Gasteiger partial charge in [0.25, 0.3) is 0 Å². The van der Waals surface area contributed by atoms with E-state index in [1.54, 1.807) is 19.1 Å². The van der Waals surface area contributed by atoms with Crippen LogP contribution >= 0.6 is 0 Å². The molecule has 1 aromatic rings. The van der Waals surface area contributed by atoms with Crippen molar-refractivity contribution in [3.8, 4) is 0 Å². The zero-order chi connectivity index (χ0) is 19.4. The molecule has 27 heavy (non-hydrogen) atoms. The first-order valence-corrected chi connectivity index (χ1v) is 9.73. The Morgan fingerprint density at radius 2 is 1.81 bits per heavy atom. The number of hydrogen-bond donors (Lipinski definition) is 1. The van der Waals surface area contributed by atoms with Crippen LogP contribution in [0.4, 0.5) is 13.2 Å². The van der Waals surface area contributed by atoms with Gasteiger partial charge in [0.05, 0.1) is 11.2 Å². The summed E-state index contributed by atoms with van der Waals surface area (Å²) >= 11 is 0. The molecule has 2 saturated carbocycles. The Balaban J connectivity index is 1.27. The second kappa shape index (κ2) is 6.23. The molecule has 1 heterocycles. The van der Waals surface area contributed by atoms with Gasteiger partial charge in [0.2, 0.25) is 5.91 Å². The van der Waals surface area contributed by atoms with Gasteiger partial charge < -0.3 is 10.0 Å². The molecule has 1 spiro atoms. The highest BCUT2D eigenvalue weighted by atomic mass is 19.4. The highest BCUT2D eigenvalue weighted by Crippen LogP contribution is 2.50. The Morgan fingerprint density at radius 1 is 1.19 bits per heavy atom. The zero-order valence-electron chi connectivity index (χ0n) is 15.6. The van der Waals surface area contributed by atoms with Crippen LogP contribution < -0.4 is 0 Å². The van der Waals surface area contributed by atoms with Gasteiger partial charge in [-0.3, -0.25) is 4.79 Å². The number of hydrogen-bond acceptors (Lipinski definition) is 2.